The van der Waals surface area contributed by atoms with Crippen LogP contribution in [0.15, 0.2) is 22.7 Å². The predicted molar refractivity (Wildman–Crippen MR) is 79.0 cm³/mol. The van der Waals surface area contributed by atoms with E-state index in [0.29, 0.717) is 17.6 Å². The number of carbonyl (C=O) groups is 2. The molecule has 0 aliphatic carbocycles. The van der Waals surface area contributed by atoms with Crippen LogP contribution in [0, 0.1) is 5.82 Å². The highest BCUT2D eigenvalue weighted by molar-refractivity contribution is 9.10. The summed E-state index contributed by atoms with van der Waals surface area (Å²) in [7, 11) is 0. The normalized spacial score (nSPS) is 11.8. The number of benzene rings is 1. The number of hydrogen-bond donors (Lipinski definition) is 1. The molecule has 0 saturated carbocycles. The Hall–Kier alpha value is -1.43. The van der Waals surface area contributed by atoms with Crippen LogP contribution in [-0.2, 0) is 4.79 Å². The number of nitrogens with one attached hydrogen (secondary N) is 1. The first kappa shape index (κ1) is 16.6. The second-order valence-corrected chi connectivity index (χ2v) is 5.19. The van der Waals surface area contributed by atoms with Crippen molar-refractivity contribution in [3.05, 3.63) is 34.1 Å². The van der Waals surface area contributed by atoms with Crippen molar-refractivity contribution < 1.29 is 14.0 Å². The van der Waals surface area contributed by atoms with Crippen LogP contribution in [0.3, 0.4) is 0 Å². The van der Waals surface area contributed by atoms with Gasteiger partial charge in [0.2, 0.25) is 5.91 Å². The molecule has 0 radical (unpaired) electrons. The predicted octanol–water partition coefficient (Wildman–Crippen LogP) is 2.57. The van der Waals surface area contributed by atoms with Gasteiger partial charge in [-0.25, -0.2) is 4.39 Å². The van der Waals surface area contributed by atoms with E-state index >= 15 is 0 Å². The van der Waals surface area contributed by atoms with E-state index in [0.717, 1.165) is 6.07 Å². The molecule has 0 bridgehead atoms. The number of nitrogens with zero attached hydrogens (tertiary/aromatic N) is 1. The summed E-state index contributed by atoms with van der Waals surface area (Å²) in [4.78, 5) is 25.6. The summed E-state index contributed by atoms with van der Waals surface area (Å²) < 4.78 is 13.7. The number of carbonyl (C=O) groups excluding carboxylic acids is 2. The van der Waals surface area contributed by atoms with Gasteiger partial charge in [0.1, 0.15) is 11.9 Å². The molecular weight excluding hydrogens is 327 g/mol. The van der Waals surface area contributed by atoms with Crippen molar-refractivity contribution in [3.63, 3.8) is 0 Å². The molecule has 4 nitrogen and oxygen atoms in total. The van der Waals surface area contributed by atoms with Crippen LogP contribution in [0.2, 0.25) is 0 Å². The Kier molecular flexibility index (Phi) is 6.13. The zero-order valence-electron chi connectivity index (χ0n) is 11.7. The summed E-state index contributed by atoms with van der Waals surface area (Å²) >= 11 is 3.02. The molecular formula is C14H18BrFN2O2. The van der Waals surface area contributed by atoms with Gasteiger partial charge < -0.3 is 10.2 Å². The summed E-state index contributed by atoms with van der Waals surface area (Å²) in [5.41, 5.74) is 0.185. The maximum Gasteiger partial charge on any atom is 0.252 e. The van der Waals surface area contributed by atoms with Gasteiger partial charge in [-0.15, -0.1) is 0 Å². The van der Waals surface area contributed by atoms with Crippen LogP contribution < -0.4 is 5.32 Å². The molecule has 6 heteroatoms. The van der Waals surface area contributed by atoms with Gasteiger partial charge in [-0.2, -0.15) is 0 Å². The van der Waals surface area contributed by atoms with Gasteiger partial charge >= 0.3 is 0 Å². The second-order valence-electron chi connectivity index (χ2n) is 4.33. The Morgan fingerprint density at radius 3 is 2.45 bits per heavy atom. The van der Waals surface area contributed by atoms with E-state index in [1.807, 2.05) is 13.8 Å². The zero-order valence-corrected chi connectivity index (χ0v) is 13.3. The van der Waals surface area contributed by atoms with Crippen molar-refractivity contribution in [2.75, 3.05) is 13.1 Å². The molecule has 0 heterocycles. The van der Waals surface area contributed by atoms with Crippen molar-refractivity contribution in [3.8, 4) is 0 Å². The second kappa shape index (κ2) is 7.38. The molecule has 0 fully saturated rings. The molecule has 20 heavy (non-hydrogen) atoms. The number of hydrogen-bond acceptors (Lipinski definition) is 2. The zero-order chi connectivity index (χ0) is 15.3. The minimum absolute atomic E-state index is 0.152. The smallest absolute Gasteiger partial charge is 0.252 e. The van der Waals surface area contributed by atoms with Gasteiger partial charge in [0.25, 0.3) is 5.91 Å². The van der Waals surface area contributed by atoms with Crippen molar-refractivity contribution >= 4 is 27.7 Å². The molecule has 0 spiro atoms. The van der Waals surface area contributed by atoms with Crippen LogP contribution in [-0.4, -0.2) is 35.8 Å². The molecule has 1 aromatic carbocycles. The molecule has 0 saturated heterocycles. The summed E-state index contributed by atoms with van der Waals surface area (Å²) in [5, 5.41) is 2.58. The number of amides is 2. The molecule has 0 aliphatic rings. The standard InChI is InChI=1S/C14H18BrFN2O2/c1-4-18(5-2)14(20)9(3)17-13(19)10-6-7-11(15)12(16)8-10/h6-9H,4-5H2,1-3H3,(H,17,19). The number of rotatable bonds is 5. The first-order valence-electron chi connectivity index (χ1n) is 6.45. The third-order valence-electron chi connectivity index (χ3n) is 2.97. The largest absolute Gasteiger partial charge is 0.341 e. The molecule has 1 unspecified atom stereocenters. The maximum absolute atomic E-state index is 13.4. The molecule has 1 aromatic rings. The van der Waals surface area contributed by atoms with E-state index in [2.05, 4.69) is 21.2 Å². The summed E-state index contributed by atoms with van der Waals surface area (Å²) in [6.07, 6.45) is 0. The molecule has 2 amide bonds. The Balaban J connectivity index is 2.74. The lowest BCUT2D eigenvalue weighted by atomic mass is 10.2. The van der Waals surface area contributed by atoms with Crippen LogP contribution in [0.4, 0.5) is 4.39 Å². The number of halogens is 2. The third-order valence-corrected chi connectivity index (χ3v) is 3.62. The van der Waals surface area contributed by atoms with E-state index in [1.165, 1.54) is 12.1 Å². The van der Waals surface area contributed by atoms with Crippen LogP contribution in [0.25, 0.3) is 0 Å². The van der Waals surface area contributed by atoms with Gasteiger partial charge in [0, 0.05) is 18.7 Å². The lowest BCUT2D eigenvalue weighted by Crippen LogP contribution is -2.46. The van der Waals surface area contributed by atoms with Gasteiger partial charge in [-0.05, 0) is 54.9 Å². The molecule has 0 aromatic heterocycles. The average molecular weight is 345 g/mol. The monoisotopic (exact) mass is 344 g/mol. The van der Waals surface area contributed by atoms with Crippen molar-refractivity contribution in [1.82, 2.24) is 10.2 Å². The molecule has 1 N–H and O–H groups in total. The lowest BCUT2D eigenvalue weighted by molar-refractivity contribution is -0.132. The Morgan fingerprint density at radius 2 is 1.95 bits per heavy atom. The van der Waals surface area contributed by atoms with Crippen LogP contribution in [0.5, 0.6) is 0 Å². The van der Waals surface area contributed by atoms with Crippen LogP contribution in [0.1, 0.15) is 31.1 Å². The van der Waals surface area contributed by atoms with Crippen molar-refractivity contribution in [1.29, 1.82) is 0 Å². The highest BCUT2D eigenvalue weighted by Crippen LogP contribution is 2.16. The Morgan fingerprint density at radius 1 is 1.35 bits per heavy atom. The van der Waals surface area contributed by atoms with E-state index in [9.17, 15) is 14.0 Å². The average Bonchev–Trinajstić information content (AvgIpc) is 2.42. The highest BCUT2D eigenvalue weighted by atomic mass is 79.9. The third kappa shape index (κ3) is 4.03. The topological polar surface area (TPSA) is 49.4 Å². The SMILES string of the molecule is CCN(CC)C(=O)C(C)NC(=O)c1ccc(Br)c(F)c1. The van der Waals surface area contributed by atoms with Gasteiger partial charge in [-0.1, -0.05) is 0 Å². The Labute approximate surface area is 126 Å². The Bertz CT molecular complexity index is 504. The minimum Gasteiger partial charge on any atom is -0.341 e. The van der Waals surface area contributed by atoms with Gasteiger partial charge in [0.15, 0.2) is 0 Å². The summed E-state index contributed by atoms with van der Waals surface area (Å²) in [5.74, 6) is -1.13. The lowest BCUT2D eigenvalue weighted by Gasteiger charge is -2.23. The first-order valence-corrected chi connectivity index (χ1v) is 7.24. The molecule has 1 rings (SSSR count). The molecule has 110 valence electrons. The van der Waals surface area contributed by atoms with E-state index < -0.39 is 17.8 Å². The fraction of sp³-hybridized carbons (Fsp3) is 0.429. The van der Waals surface area contributed by atoms with Gasteiger partial charge in [0.05, 0.1) is 4.47 Å². The van der Waals surface area contributed by atoms with Gasteiger partial charge in [-0.3, -0.25) is 9.59 Å². The molecule has 0 aliphatic heterocycles. The van der Waals surface area contributed by atoms with E-state index in [1.54, 1.807) is 11.8 Å². The first-order chi connectivity index (χ1) is 9.40. The fourth-order valence-electron chi connectivity index (χ4n) is 1.79. The maximum atomic E-state index is 13.4. The fourth-order valence-corrected chi connectivity index (χ4v) is 2.03. The quantitative estimate of drug-likeness (QED) is 0.892. The van der Waals surface area contributed by atoms with E-state index in [-0.39, 0.29) is 11.5 Å². The van der Waals surface area contributed by atoms with E-state index in [4.69, 9.17) is 0 Å². The van der Waals surface area contributed by atoms with Crippen molar-refractivity contribution in [2.45, 2.75) is 26.8 Å². The summed E-state index contributed by atoms with van der Waals surface area (Å²) in [6.45, 7) is 6.54. The molecule has 1 atom stereocenters. The summed E-state index contributed by atoms with van der Waals surface area (Å²) in [6, 6.07) is 3.45. The van der Waals surface area contributed by atoms with Crippen LogP contribution >= 0.6 is 15.9 Å². The highest BCUT2D eigenvalue weighted by Gasteiger charge is 2.20. The van der Waals surface area contributed by atoms with Crippen molar-refractivity contribution in [2.24, 2.45) is 0 Å². The number of likely N-dealkylation sites (N-methyl/N-ethyl adjacent to an activating group) is 1. The minimum atomic E-state index is -0.644.